The third kappa shape index (κ3) is 3.54. The highest BCUT2D eigenvalue weighted by molar-refractivity contribution is 6.33. The Labute approximate surface area is 122 Å². The molecule has 0 N–H and O–H groups in total. The number of ether oxygens (including phenoxy) is 1. The van der Waals surface area contributed by atoms with E-state index in [-0.39, 0.29) is 5.97 Å². The monoisotopic (exact) mass is 290 g/mol. The predicted octanol–water partition coefficient (Wildman–Crippen LogP) is 3.75. The summed E-state index contributed by atoms with van der Waals surface area (Å²) in [6.07, 6.45) is 4.77. The van der Waals surface area contributed by atoms with Gasteiger partial charge in [0.05, 0.1) is 16.3 Å². The van der Waals surface area contributed by atoms with E-state index in [9.17, 15) is 4.79 Å². The smallest absolute Gasteiger partial charge is 0.338 e. The van der Waals surface area contributed by atoms with Crippen LogP contribution >= 0.6 is 11.6 Å². The van der Waals surface area contributed by atoms with E-state index in [1.54, 1.807) is 36.8 Å². The minimum Gasteiger partial charge on any atom is -0.456 e. The summed E-state index contributed by atoms with van der Waals surface area (Å²) in [5.41, 5.74) is 1.17. The summed E-state index contributed by atoms with van der Waals surface area (Å²) in [7, 11) is 0. The summed E-state index contributed by atoms with van der Waals surface area (Å²) >= 11 is 6.10. The third-order valence-electron chi connectivity index (χ3n) is 2.44. The van der Waals surface area contributed by atoms with Crippen molar-refractivity contribution in [1.82, 2.24) is 9.97 Å². The maximum Gasteiger partial charge on any atom is 0.338 e. The van der Waals surface area contributed by atoms with E-state index in [2.05, 4.69) is 9.97 Å². The highest BCUT2D eigenvalue weighted by Crippen LogP contribution is 2.25. The first-order valence-electron chi connectivity index (χ1n) is 6.16. The van der Waals surface area contributed by atoms with Crippen LogP contribution < -0.4 is 0 Å². The van der Waals surface area contributed by atoms with E-state index in [1.165, 1.54) is 0 Å². The highest BCUT2D eigenvalue weighted by Gasteiger charge is 2.18. The molecule has 4 nitrogen and oxygen atoms in total. The van der Waals surface area contributed by atoms with E-state index < -0.39 is 5.60 Å². The molecule has 0 radical (unpaired) electrons. The lowest BCUT2D eigenvalue weighted by atomic mass is 10.1. The van der Waals surface area contributed by atoms with Crippen molar-refractivity contribution in [3.8, 4) is 11.3 Å². The van der Waals surface area contributed by atoms with Gasteiger partial charge in [-0.1, -0.05) is 11.6 Å². The van der Waals surface area contributed by atoms with Crippen LogP contribution in [0.5, 0.6) is 0 Å². The molecule has 2 heterocycles. The lowest BCUT2D eigenvalue weighted by molar-refractivity contribution is 0.00694. The molecule has 0 aliphatic carbocycles. The van der Waals surface area contributed by atoms with E-state index in [0.29, 0.717) is 21.8 Å². The zero-order valence-corrected chi connectivity index (χ0v) is 12.3. The molecule has 2 aromatic heterocycles. The van der Waals surface area contributed by atoms with Crippen LogP contribution in [0.4, 0.5) is 0 Å². The van der Waals surface area contributed by atoms with Crippen LogP contribution in [-0.4, -0.2) is 21.5 Å². The lowest BCUT2D eigenvalue weighted by Gasteiger charge is -2.19. The number of halogens is 1. The fourth-order valence-electron chi connectivity index (χ4n) is 1.61. The number of rotatable bonds is 2. The van der Waals surface area contributed by atoms with Gasteiger partial charge in [0.1, 0.15) is 5.60 Å². The largest absolute Gasteiger partial charge is 0.456 e. The van der Waals surface area contributed by atoms with Gasteiger partial charge in [0.15, 0.2) is 0 Å². The van der Waals surface area contributed by atoms with Gasteiger partial charge < -0.3 is 4.74 Å². The Bertz CT molecular complexity index is 636. The number of carbonyl (C=O) groups is 1. The predicted molar refractivity (Wildman–Crippen MR) is 77.6 cm³/mol. The number of hydrogen-bond donors (Lipinski definition) is 0. The molecule has 0 unspecified atom stereocenters. The molecule has 0 bridgehead atoms. The molecule has 104 valence electrons. The SMILES string of the molecule is CC(C)(C)OC(=O)c1ccnc(-c2cnccc2Cl)c1. The standard InChI is InChI=1S/C15H15ClN2O2/c1-15(2,3)20-14(19)10-4-7-18-13(8-10)11-9-17-6-5-12(11)16/h4-9H,1-3H3. The van der Waals surface area contributed by atoms with Crippen LogP contribution in [0.2, 0.25) is 5.02 Å². The molecule has 0 atom stereocenters. The summed E-state index contributed by atoms with van der Waals surface area (Å²) in [4.78, 5) is 20.3. The van der Waals surface area contributed by atoms with Crippen LogP contribution in [-0.2, 0) is 4.74 Å². The molecule has 0 amide bonds. The average molecular weight is 291 g/mol. The molecular formula is C15H15ClN2O2. The second-order valence-corrected chi connectivity index (χ2v) is 5.69. The Morgan fingerprint density at radius 1 is 1.25 bits per heavy atom. The fraction of sp³-hybridized carbons (Fsp3) is 0.267. The molecule has 0 aromatic carbocycles. The van der Waals surface area contributed by atoms with Gasteiger partial charge >= 0.3 is 5.97 Å². The van der Waals surface area contributed by atoms with Gasteiger partial charge in [-0.2, -0.15) is 0 Å². The molecule has 0 aliphatic heterocycles. The maximum atomic E-state index is 12.0. The molecule has 0 spiro atoms. The number of hydrogen-bond acceptors (Lipinski definition) is 4. The first-order valence-corrected chi connectivity index (χ1v) is 6.54. The first-order chi connectivity index (χ1) is 9.37. The zero-order chi connectivity index (χ0) is 14.8. The second kappa shape index (κ2) is 5.59. The van der Waals surface area contributed by atoms with Crippen molar-refractivity contribution < 1.29 is 9.53 Å². The minimum absolute atomic E-state index is 0.388. The Hall–Kier alpha value is -1.94. The van der Waals surface area contributed by atoms with Crippen molar-refractivity contribution in [2.24, 2.45) is 0 Å². The Balaban J connectivity index is 2.34. The van der Waals surface area contributed by atoms with Crippen LogP contribution in [0.3, 0.4) is 0 Å². The van der Waals surface area contributed by atoms with Crippen molar-refractivity contribution in [2.75, 3.05) is 0 Å². The Morgan fingerprint density at radius 2 is 2.00 bits per heavy atom. The quantitative estimate of drug-likeness (QED) is 0.790. The Kier molecular flexibility index (Phi) is 4.04. The molecule has 0 saturated heterocycles. The minimum atomic E-state index is -0.535. The topological polar surface area (TPSA) is 52.1 Å². The van der Waals surface area contributed by atoms with E-state index in [0.717, 1.165) is 0 Å². The van der Waals surface area contributed by atoms with Gasteiger partial charge in [0, 0.05) is 24.2 Å². The van der Waals surface area contributed by atoms with Crippen molar-refractivity contribution in [3.05, 3.63) is 47.4 Å². The van der Waals surface area contributed by atoms with Crippen LogP contribution in [0.15, 0.2) is 36.8 Å². The van der Waals surface area contributed by atoms with E-state index >= 15 is 0 Å². The fourth-order valence-corrected chi connectivity index (χ4v) is 1.81. The van der Waals surface area contributed by atoms with Gasteiger partial charge in [-0.05, 0) is 39.0 Å². The number of aromatic nitrogens is 2. The van der Waals surface area contributed by atoms with Gasteiger partial charge in [-0.15, -0.1) is 0 Å². The molecule has 20 heavy (non-hydrogen) atoms. The molecule has 0 saturated carbocycles. The molecular weight excluding hydrogens is 276 g/mol. The molecule has 0 fully saturated rings. The molecule has 0 aliphatic rings. The van der Waals surface area contributed by atoms with Crippen molar-refractivity contribution in [3.63, 3.8) is 0 Å². The van der Waals surface area contributed by atoms with Crippen molar-refractivity contribution >= 4 is 17.6 Å². The van der Waals surface area contributed by atoms with Gasteiger partial charge in [0.2, 0.25) is 0 Å². The summed E-state index contributed by atoms with van der Waals surface area (Å²) in [6.45, 7) is 5.47. The third-order valence-corrected chi connectivity index (χ3v) is 2.77. The van der Waals surface area contributed by atoms with E-state index in [4.69, 9.17) is 16.3 Å². The number of carbonyl (C=O) groups excluding carboxylic acids is 1. The van der Waals surface area contributed by atoms with Gasteiger partial charge in [-0.3, -0.25) is 9.97 Å². The number of nitrogens with zero attached hydrogens (tertiary/aromatic N) is 2. The lowest BCUT2D eigenvalue weighted by Crippen LogP contribution is -2.23. The van der Waals surface area contributed by atoms with Crippen LogP contribution in [0.25, 0.3) is 11.3 Å². The first kappa shape index (κ1) is 14.5. The molecule has 5 heteroatoms. The highest BCUT2D eigenvalue weighted by atomic mass is 35.5. The normalized spacial score (nSPS) is 11.2. The van der Waals surface area contributed by atoms with Crippen LogP contribution in [0.1, 0.15) is 31.1 Å². The second-order valence-electron chi connectivity index (χ2n) is 5.29. The Morgan fingerprint density at radius 3 is 2.65 bits per heavy atom. The van der Waals surface area contributed by atoms with Crippen molar-refractivity contribution in [1.29, 1.82) is 0 Å². The summed E-state index contributed by atoms with van der Waals surface area (Å²) in [6, 6.07) is 4.94. The zero-order valence-electron chi connectivity index (χ0n) is 11.6. The summed E-state index contributed by atoms with van der Waals surface area (Å²) in [5, 5.41) is 0.536. The molecule has 2 rings (SSSR count). The molecule has 2 aromatic rings. The van der Waals surface area contributed by atoms with Gasteiger partial charge in [-0.25, -0.2) is 4.79 Å². The summed E-state index contributed by atoms with van der Waals surface area (Å²) in [5.74, 6) is -0.388. The van der Waals surface area contributed by atoms with Crippen molar-refractivity contribution in [2.45, 2.75) is 26.4 Å². The van der Waals surface area contributed by atoms with Crippen LogP contribution in [0, 0.1) is 0 Å². The maximum absolute atomic E-state index is 12.0. The average Bonchev–Trinajstić information content (AvgIpc) is 2.37. The number of esters is 1. The number of pyridine rings is 2. The summed E-state index contributed by atoms with van der Waals surface area (Å²) < 4.78 is 5.33. The van der Waals surface area contributed by atoms with Gasteiger partial charge in [0.25, 0.3) is 0 Å². The van der Waals surface area contributed by atoms with E-state index in [1.807, 2.05) is 20.8 Å².